The Bertz CT molecular complexity index is 781. The van der Waals surface area contributed by atoms with Crippen LogP contribution in [0.3, 0.4) is 0 Å². The number of benzene rings is 1. The van der Waals surface area contributed by atoms with E-state index in [-0.39, 0.29) is 10.8 Å². The molecule has 106 valence electrons. The van der Waals surface area contributed by atoms with E-state index >= 15 is 0 Å². The first-order chi connectivity index (χ1) is 10.1. The van der Waals surface area contributed by atoms with E-state index in [1.165, 1.54) is 10.9 Å². The Hall–Kier alpha value is -2.67. The first-order valence-electron chi connectivity index (χ1n) is 6.10. The summed E-state index contributed by atoms with van der Waals surface area (Å²) >= 11 is 5.76. The number of halogens is 1. The molecule has 0 spiro atoms. The number of para-hydroxylation sites is 1. The molecule has 0 aliphatic carbocycles. The highest BCUT2D eigenvalue weighted by Crippen LogP contribution is 2.21. The molecule has 3 rings (SSSR count). The minimum atomic E-state index is -0.605. The van der Waals surface area contributed by atoms with Crippen LogP contribution in [0, 0.1) is 10.1 Å². The quantitative estimate of drug-likeness (QED) is 0.548. The summed E-state index contributed by atoms with van der Waals surface area (Å²) in [5.74, 6) is -0.341. The van der Waals surface area contributed by atoms with Crippen LogP contribution in [0.25, 0.3) is 5.69 Å². The van der Waals surface area contributed by atoms with Gasteiger partial charge in [-0.3, -0.25) is 0 Å². The molecule has 0 aliphatic heterocycles. The van der Waals surface area contributed by atoms with Gasteiger partial charge in [0.25, 0.3) is 0 Å². The minimum absolute atomic E-state index is 0.0236. The SMILES string of the molecule is O=[N+]([O-])c1nn(Cc2cnn(-c3ccccc3)c2)cc1Cl. The smallest absolute Gasteiger partial charge is 0.358 e. The summed E-state index contributed by atoms with van der Waals surface area (Å²) in [5.41, 5.74) is 1.81. The molecule has 0 atom stereocenters. The summed E-state index contributed by atoms with van der Waals surface area (Å²) in [5, 5.41) is 18.8. The summed E-state index contributed by atoms with van der Waals surface area (Å²) in [6.07, 6.45) is 4.96. The molecule has 0 radical (unpaired) electrons. The highest BCUT2D eigenvalue weighted by atomic mass is 35.5. The van der Waals surface area contributed by atoms with E-state index in [1.54, 1.807) is 10.9 Å². The molecule has 7 nitrogen and oxygen atoms in total. The molecule has 3 aromatic rings. The minimum Gasteiger partial charge on any atom is -0.358 e. The van der Waals surface area contributed by atoms with E-state index in [1.807, 2.05) is 36.5 Å². The van der Waals surface area contributed by atoms with Crippen LogP contribution >= 0.6 is 11.6 Å². The van der Waals surface area contributed by atoms with Crippen LogP contribution in [-0.4, -0.2) is 24.5 Å². The first-order valence-corrected chi connectivity index (χ1v) is 6.47. The van der Waals surface area contributed by atoms with Gasteiger partial charge in [-0.1, -0.05) is 29.8 Å². The Kier molecular flexibility index (Phi) is 3.41. The van der Waals surface area contributed by atoms with Crippen LogP contribution in [0.2, 0.25) is 5.02 Å². The van der Waals surface area contributed by atoms with Gasteiger partial charge in [0.2, 0.25) is 0 Å². The highest BCUT2D eigenvalue weighted by molar-refractivity contribution is 6.32. The third-order valence-corrected chi connectivity index (χ3v) is 3.14. The number of aromatic nitrogens is 4. The lowest BCUT2D eigenvalue weighted by Gasteiger charge is -1.98. The fourth-order valence-corrected chi connectivity index (χ4v) is 2.16. The van der Waals surface area contributed by atoms with E-state index in [9.17, 15) is 10.1 Å². The van der Waals surface area contributed by atoms with Crippen LogP contribution < -0.4 is 0 Å². The van der Waals surface area contributed by atoms with Gasteiger partial charge in [0.1, 0.15) is 0 Å². The fourth-order valence-electron chi connectivity index (χ4n) is 1.94. The van der Waals surface area contributed by atoms with E-state index in [4.69, 9.17) is 11.6 Å². The van der Waals surface area contributed by atoms with Gasteiger partial charge in [0.05, 0.1) is 29.7 Å². The molecular weight excluding hydrogens is 294 g/mol. The van der Waals surface area contributed by atoms with Gasteiger partial charge in [0.15, 0.2) is 5.02 Å². The lowest BCUT2D eigenvalue weighted by atomic mass is 10.3. The van der Waals surface area contributed by atoms with Crippen LogP contribution in [-0.2, 0) is 6.54 Å². The average molecular weight is 304 g/mol. The van der Waals surface area contributed by atoms with Gasteiger partial charge in [-0.15, -0.1) is 0 Å². The van der Waals surface area contributed by atoms with Gasteiger partial charge < -0.3 is 10.1 Å². The first kappa shape index (κ1) is 13.3. The van der Waals surface area contributed by atoms with Crippen molar-refractivity contribution in [1.29, 1.82) is 0 Å². The molecule has 0 bridgehead atoms. The van der Waals surface area contributed by atoms with Gasteiger partial charge in [-0.25, -0.2) is 4.68 Å². The van der Waals surface area contributed by atoms with Crippen molar-refractivity contribution in [3.63, 3.8) is 0 Å². The molecule has 8 heteroatoms. The molecule has 0 saturated heterocycles. The maximum atomic E-state index is 10.7. The highest BCUT2D eigenvalue weighted by Gasteiger charge is 2.19. The van der Waals surface area contributed by atoms with Crippen molar-refractivity contribution in [2.24, 2.45) is 0 Å². The van der Waals surface area contributed by atoms with Crippen LogP contribution in [0.1, 0.15) is 5.56 Å². The Balaban J connectivity index is 1.82. The van der Waals surface area contributed by atoms with Gasteiger partial charge in [0, 0.05) is 11.8 Å². The lowest BCUT2D eigenvalue weighted by molar-refractivity contribution is -0.389. The topological polar surface area (TPSA) is 78.8 Å². The van der Waals surface area contributed by atoms with Crippen molar-refractivity contribution >= 4 is 17.4 Å². The van der Waals surface area contributed by atoms with Gasteiger partial charge in [-0.05, 0) is 17.1 Å². The number of nitrogens with zero attached hydrogens (tertiary/aromatic N) is 5. The van der Waals surface area contributed by atoms with Crippen molar-refractivity contribution in [2.45, 2.75) is 6.54 Å². The molecule has 0 fully saturated rings. The van der Waals surface area contributed by atoms with Crippen LogP contribution in [0.4, 0.5) is 5.82 Å². The zero-order chi connectivity index (χ0) is 14.8. The normalized spacial score (nSPS) is 10.7. The maximum Gasteiger partial charge on any atom is 0.408 e. The van der Waals surface area contributed by atoms with Crippen molar-refractivity contribution < 1.29 is 4.92 Å². The van der Waals surface area contributed by atoms with Crippen LogP contribution in [0.15, 0.2) is 48.9 Å². The third kappa shape index (κ3) is 2.77. The van der Waals surface area contributed by atoms with E-state index in [0.717, 1.165) is 11.3 Å². The second-order valence-corrected chi connectivity index (χ2v) is 4.79. The van der Waals surface area contributed by atoms with E-state index in [0.29, 0.717) is 6.54 Å². The summed E-state index contributed by atoms with van der Waals surface area (Å²) in [6.45, 7) is 0.362. The predicted molar refractivity (Wildman–Crippen MR) is 76.6 cm³/mol. The van der Waals surface area contributed by atoms with Crippen molar-refractivity contribution in [3.8, 4) is 5.69 Å². The number of hydrogen-bond acceptors (Lipinski definition) is 4. The fraction of sp³-hybridized carbons (Fsp3) is 0.0769. The predicted octanol–water partition coefficient (Wildman–Crippen LogP) is 2.68. The Morgan fingerprint density at radius 3 is 2.67 bits per heavy atom. The molecular formula is C13H10ClN5O2. The zero-order valence-electron chi connectivity index (χ0n) is 10.8. The van der Waals surface area contributed by atoms with Crippen molar-refractivity contribution in [2.75, 3.05) is 0 Å². The average Bonchev–Trinajstić information content (AvgIpc) is 3.07. The Morgan fingerprint density at radius 2 is 2.00 bits per heavy atom. The second kappa shape index (κ2) is 5.37. The lowest BCUT2D eigenvalue weighted by Crippen LogP contribution is -2.00. The van der Waals surface area contributed by atoms with Gasteiger partial charge >= 0.3 is 5.82 Å². The number of hydrogen-bond donors (Lipinski definition) is 0. The molecule has 0 unspecified atom stereocenters. The second-order valence-electron chi connectivity index (χ2n) is 4.38. The Morgan fingerprint density at radius 1 is 1.24 bits per heavy atom. The summed E-state index contributed by atoms with van der Waals surface area (Å²) in [6, 6.07) is 9.65. The van der Waals surface area contributed by atoms with E-state index < -0.39 is 4.92 Å². The molecule has 2 heterocycles. The maximum absolute atomic E-state index is 10.7. The summed E-state index contributed by atoms with van der Waals surface area (Å²) in [7, 11) is 0. The molecule has 0 amide bonds. The van der Waals surface area contributed by atoms with Crippen LogP contribution in [0.5, 0.6) is 0 Å². The molecule has 21 heavy (non-hydrogen) atoms. The van der Waals surface area contributed by atoms with Crippen molar-refractivity contribution in [1.82, 2.24) is 19.6 Å². The zero-order valence-corrected chi connectivity index (χ0v) is 11.5. The summed E-state index contributed by atoms with van der Waals surface area (Å²) in [4.78, 5) is 10.1. The standard InChI is InChI=1S/C13H10ClN5O2/c14-12-9-17(16-13(12)19(20)21)7-10-6-15-18(8-10)11-4-2-1-3-5-11/h1-6,8-9H,7H2. The molecule has 0 saturated carbocycles. The van der Waals surface area contributed by atoms with E-state index in [2.05, 4.69) is 10.2 Å². The Labute approximate surface area is 124 Å². The van der Waals surface area contributed by atoms with Crippen molar-refractivity contribution in [3.05, 3.63) is 69.6 Å². The molecule has 0 N–H and O–H groups in total. The summed E-state index contributed by atoms with van der Waals surface area (Å²) < 4.78 is 3.15. The molecule has 1 aromatic carbocycles. The monoisotopic (exact) mass is 303 g/mol. The number of rotatable bonds is 4. The number of nitro groups is 1. The molecule has 2 aromatic heterocycles. The third-order valence-electron chi connectivity index (χ3n) is 2.87. The van der Waals surface area contributed by atoms with Gasteiger partial charge in [-0.2, -0.15) is 9.78 Å². The largest absolute Gasteiger partial charge is 0.408 e. The molecule has 0 aliphatic rings.